The first-order valence-electron chi connectivity index (χ1n) is 10.3. The van der Waals surface area contributed by atoms with E-state index in [1.807, 2.05) is 30.3 Å². The molecule has 0 saturated carbocycles. The molecule has 2 heterocycles. The van der Waals surface area contributed by atoms with Crippen LogP contribution < -0.4 is 10.4 Å². The molecule has 4 rings (SSSR count). The normalized spacial score (nSPS) is 15.2. The van der Waals surface area contributed by atoms with Gasteiger partial charge in [0.25, 0.3) is 0 Å². The zero-order valence-electron chi connectivity index (χ0n) is 17.9. The largest absolute Gasteiger partial charge is 0.466 e. The summed E-state index contributed by atoms with van der Waals surface area (Å²) in [7, 11) is 1.32. The lowest BCUT2D eigenvalue weighted by atomic mass is 9.94. The number of esters is 2. The molecule has 1 aromatic heterocycles. The Morgan fingerprint density at radius 1 is 1.09 bits per heavy atom. The van der Waals surface area contributed by atoms with E-state index in [1.54, 1.807) is 18.3 Å². The van der Waals surface area contributed by atoms with Crippen molar-refractivity contribution in [1.82, 2.24) is 4.90 Å². The van der Waals surface area contributed by atoms with E-state index in [1.165, 1.54) is 20.1 Å². The lowest BCUT2D eigenvalue weighted by Gasteiger charge is -2.25. The van der Waals surface area contributed by atoms with Gasteiger partial charge < -0.3 is 18.8 Å². The van der Waals surface area contributed by atoms with Crippen LogP contribution in [-0.4, -0.2) is 30.5 Å². The van der Waals surface area contributed by atoms with Crippen LogP contribution >= 0.6 is 0 Å². The van der Waals surface area contributed by atoms with E-state index in [0.29, 0.717) is 42.0 Å². The average molecular weight is 433 g/mol. The Bertz CT molecular complexity index is 1260. The van der Waals surface area contributed by atoms with Crippen LogP contribution in [0.1, 0.15) is 23.6 Å². The molecule has 0 aliphatic carbocycles. The van der Waals surface area contributed by atoms with E-state index < -0.39 is 17.6 Å². The highest BCUT2D eigenvalue weighted by Crippen LogP contribution is 2.28. The van der Waals surface area contributed by atoms with E-state index in [2.05, 4.69) is 4.90 Å². The molecule has 7 heteroatoms. The van der Waals surface area contributed by atoms with Crippen molar-refractivity contribution in [3.63, 3.8) is 0 Å². The molecule has 0 radical (unpaired) electrons. The molecule has 7 nitrogen and oxygen atoms in total. The third-order valence-corrected chi connectivity index (χ3v) is 5.38. The van der Waals surface area contributed by atoms with Crippen LogP contribution in [0.15, 0.2) is 69.5 Å². The van der Waals surface area contributed by atoms with Crippen LogP contribution in [0, 0.1) is 0 Å². The van der Waals surface area contributed by atoms with Crippen molar-refractivity contribution in [2.75, 3.05) is 13.7 Å². The molecular weight excluding hydrogens is 410 g/mol. The highest BCUT2D eigenvalue weighted by atomic mass is 16.5. The molecule has 0 fully saturated rings. The maximum absolute atomic E-state index is 12.8. The molecule has 3 aromatic rings. The van der Waals surface area contributed by atoms with Crippen molar-refractivity contribution >= 4 is 22.9 Å². The predicted octanol–water partition coefficient (Wildman–Crippen LogP) is 3.38. The van der Waals surface area contributed by atoms with Crippen molar-refractivity contribution in [2.45, 2.75) is 26.3 Å². The Kier molecular flexibility index (Phi) is 6.07. The van der Waals surface area contributed by atoms with E-state index in [-0.39, 0.29) is 6.42 Å². The summed E-state index contributed by atoms with van der Waals surface area (Å²) >= 11 is 0. The minimum absolute atomic E-state index is 0.108. The third kappa shape index (κ3) is 4.56. The topological polar surface area (TPSA) is 86.1 Å². The van der Waals surface area contributed by atoms with Crippen molar-refractivity contribution in [3.8, 4) is 5.75 Å². The first-order chi connectivity index (χ1) is 15.4. The summed E-state index contributed by atoms with van der Waals surface area (Å²) in [4.78, 5) is 38.6. The van der Waals surface area contributed by atoms with Crippen LogP contribution in [0.4, 0.5) is 0 Å². The molecule has 0 atom stereocenters. The highest BCUT2D eigenvalue weighted by molar-refractivity contribution is 5.90. The third-order valence-electron chi connectivity index (χ3n) is 5.38. The molecule has 164 valence electrons. The number of ether oxygens (including phenoxy) is 2. The number of benzene rings is 2. The van der Waals surface area contributed by atoms with Gasteiger partial charge >= 0.3 is 17.6 Å². The SMILES string of the molecule is COC(=O)/C1=C/N(Cc2ccccc2)CCc2c(c(=O)oc3cc(OC(C)=O)ccc23)C1. The fraction of sp³-hybridized carbons (Fsp3) is 0.240. The van der Waals surface area contributed by atoms with Crippen LogP contribution in [-0.2, 0) is 33.7 Å². The van der Waals surface area contributed by atoms with Gasteiger partial charge in [0.15, 0.2) is 0 Å². The fourth-order valence-corrected chi connectivity index (χ4v) is 3.95. The molecule has 1 aliphatic rings. The number of nitrogens with zero attached hydrogens (tertiary/aromatic N) is 1. The summed E-state index contributed by atoms with van der Waals surface area (Å²) < 4.78 is 15.6. The van der Waals surface area contributed by atoms with Crippen molar-refractivity contribution in [3.05, 3.63) is 87.4 Å². The minimum atomic E-state index is -0.515. The molecule has 2 aromatic carbocycles. The van der Waals surface area contributed by atoms with Gasteiger partial charge in [-0.15, -0.1) is 0 Å². The summed E-state index contributed by atoms with van der Waals surface area (Å²) in [5.41, 5.74) is 2.57. The number of methoxy groups -OCH3 is 1. The van der Waals surface area contributed by atoms with Gasteiger partial charge in [-0.1, -0.05) is 30.3 Å². The molecule has 0 amide bonds. The van der Waals surface area contributed by atoms with Gasteiger partial charge in [-0.25, -0.2) is 9.59 Å². The Labute approximate surface area is 184 Å². The number of hydrogen-bond donors (Lipinski definition) is 0. The van der Waals surface area contributed by atoms with E-state index in [4.69, 9.17) is 13.9 Å². The van der Waals surface area contributed by atoms with Gasteiger partial charge in [-0.05, 0) is 29.7 Å². The zero-order valence-corrected chi connectivity index (χ0v) is 17.9. The Balaban J connectivity index is 1.77. The Hall–Kier alpha value is -3.87. The summed E-state index contributed by atoms with van der Waals surface area (Å²) in [5.74, 6) is -0.636. The predicted molar refractivity (Wildman–Crippen MR) is 118 cm³/mol. The second kappa shape index (κ2) is 9.09. The molecule has 0 saturated heterocycles. The first-order valence-corrected chi connectivity index (χ1v) is 10.3. The minimum Gasteiger partial charge on any atom is -0.466 e. The first kappa shape index (κ1) is 21.4. The molecule has 0 N–H and O–H groups in total. The van der Waals surface area contributed by atoms with E-state index in [9.17, 15) is 14.4 Å². The highest BCUT2D eigenvalue weighted by Gasteiger charge is 2.23. The van der Waals surface area contributed by atoms with Gasteiger partial charge in [0.2, 0.25) is 0 Å². The van der Waals surface area contributed by atoms with Crippen LogP contribution in [0.25, 0.3) is 11.0 Å². The molecular formula is C25H23NO6. The van der Waals surface area contributed by atoms with Crippen molar-refractivity contribution in [2.24, 2.45) is 0 Å². The van der Waals surface area contributed by atoms with Gasteiger partial charge in [-0.3, -0.25) is 4.79 Å². The van der Waals surface area contributed by atoms with Gasteiger partial charge in [0, 0.05) is 49.7 Å². The Morgan fingerprint density at radius 3 is 2.59 bits per heavy atom. The molecule has 32 heavy (non-hydrogen) atoms. The molecule has 0 spiro atoms. The molecule has 1 aliphatic heterocycles. The van der Waals surface area contributed by atoms with Crippen LogP contribution in [0.5, 0.6) is 5.75 Å². The standard InChI is InChI=1S/C25H23NO6/c1-16(27)31-19-8-9-21-20-10-11-26(14-17-6-4-3-5-7-17)15-18(24(28)30-2)12-22(20)25(29)32-23(21)13-19/h3-9,13,15H,10-12,14H2,1-2H3/b18-15+. The second-order valence-electron chi connectivity index (χ2n) is 7.63. The quantitative estimate of drug-likeness (QED) is 0.354. The van der Waals surface area contributed by atoms with Crippen LogP contribution in [0.2, 0.25) is 0 Å². The summed E-state index contributed by atoms with van der Waals surface area (Å²) in [5, 5.41) is 0.751. The Morgan fingerprint density at radius 2 is 1.88 bits per heavy atom. The molecule has 0 bridgehead atoms. The van der Waals surface area contributed by atoms with Crippen molar-refractivity contribution in [1.29, 1.82) is 0 Å². The maximum Gasteiger partial charge on any atom is 0.340 e. The van der Waals surface area contributed by atoms with Crippen molar-refractivity contribution < 1.29 is 23.5 Å². The molecule has 0 unspecified atom stereocenters. The smallest absolute Gasteiger partial charge is 0.340 e. The van der Waals surface area contributed by atoms with Crippen LogP contribution in [0.3, 0.4) is 0 Å². The number of fused-ring (bicyclic) bond motifs is 3. The van der Waals surface area contributed by atoms with Gasteiger partial charge in [-0.2, -0.15) is 0 Å². The lowest BCUT2D eigenvalue weighted by Crippen LogP contribution is -2.27. The summed E-state index contributed by atoms with van der Waals surface area (Å²) in [6.45, 7) is 2.52. The van der Waals surface area contributed by atoms with E-state index >= 15 is 0 Å². The second-order valence-corrected chi connectivity index (χ2v) is 7.63. The van der Waals surface area contributed by atoms with E-state index in [0.717, 1.165) is 16.5 Å². The zero-order chi connectivity index (χ0) is 22.7. The lowest BCUT2D eigenvalue weighted by molar-refractivity contribution is -0.136. The van der Waals surface area contributed by atoms with Gasteiger partial charge in [0.1, 0.15) is 11.3 Å². The summed E-state index contributed by atoms with van der Waals surface area (Å²) in [6, 6.07) is 14.9. The number of carbonyl (C=O) groups is 2. The number of hydrogen-bond acceptors (Lipinski definition) is 7. The number of carbonyl (C=O) groups excluding carboxylic acids is 2. The van der Waals surface area contributed by atoms with Gasteiger partial charge in [0.05, 0.1) is 12.7 Å². The summed E-state index contributed by atoms with van der Waals surface area (Å²) in [6.07, 6.45) is 2.47. The monoisotopic (exact) mass is 433 g/mol. The fourth-order valence-electron chi connectivity index (χ4n) is 3.95. The maximum atomic E-state index is 12.8. The number of rotatable bonds is 4. The average Bonchev–Trinajstić information content (AvgIpc) is 2.75.